The Morgan fingerprint density at radius 1 is 1.44 bits per heavy atom. The van der Waals surface area contributed by atoms with E-state index in [0.717, 1.165) is 16.2 Å². The summed E-state index contributed by atoms with van der Waals surface area (Å²) in [5.41, 5.74) is -0.0838. The second-order valence-corrected chi connectivity index (χ2v) is 8.28. The van der Waals surface area contributed by atoms with Crippen LogP contribution < -0.4 is 10.6 Å². The average Bonchev–Trinajstić information content (AvgIpc) is 3.21. The summed E-state index contributed by atoms with van der Waals surface area (Å²) in [4.78, 5) is 68.6. The number of thiazole rings is 1. The molecule has 170 valence electrons. The number of hydrogen-bond donors (Lipinski definition) is 3. The molecule has 2 aliphatic heterocycles. The van der Waals surface area contributed by atoms with Crippen molar-refractivity contribution in [3.63, 3.8) is 0 Å². The molecule has 0 bridgehead atoms. The number of carboxylic acids is 1. The maximum absolute atomic E-state index is 12.8. The van der Waals surface area contributed by atoms with Crippen LogP contribution in [0.2, 0.25) is 0 Å². The minimum Gasteiger partial charge on any atom is -0.477 e. The smallest absolute Gasteiger partial charge is 0.352 e. The molecule has 1 aromatic heterocycles. The van der Waals surface area contributed by atoms with Crippen molar-refractivity contribution >= 4 is 64.1 Å². The highest BCUT2D eigenvalue weighted by molar-refractivity contribution is 8.00. The van der Waals surface area contributed by atoms with E-state index in [1.54, 1.807) is 0 Å². The van der Waals surface area contributed by atoms with Crippen LogP contribution in [0.25, 0.3) is 0 Å². The van der Waals surface area contributed by atoms with E-state index in [9.17, 15) is 29.1 Å². The van der Waals surface area contributed by atoms with Gasteiger partial charge in [0.1, 0.15) is 36.5 Å². The molecule has 0 saturated carbocycles. The Morgan fingerprint density at radius 3 is 2.81 bits per heavy atom. The van der Waals surface area contributed by atoms with Crippen LogP contribution in [0.5, 0.6) is 0 Å². The molecule has 13 nitrogen and oxygen atoms in total. The van der Waals surface area contributed by atoms with Gasteiger partial charge in [-0.3, -0.25) is 24.1 Å². The molecule has 3 rings (SSSR count). The van der Waals surface area contributed by atoms with Gasteiger partial charge >= 0.3 is 11.9 Å². The van der Waals surface area contributed by atoms with E-state index >= 15 is 0 Å². The van der Waals surface area contributed by atoms with Gasteiger partial charge in [-0.25, -0.2) is 9.78 Å². The van der Waals surface area contributed by atoms with Gasteiger partial charge in [-0.05, 0) is 0 Å². The molecule has 0 aromatic carbocycles. The van der Waals surface area contributed by atoms with E-state index in [2.05, 4.69) is 20.8 Å². The predicted molar refractivity (Wildman–Crippen MR) is 112 cm³/mol. The molecule has 1 fully saturated rings. The van der Waals surface area contributed by atoms with Crippen LogP contribution in [0.4, 0.5) is 5.13 Å². The molecule has 3 heterocycles. The first-order valence-corrected chi connectivity index (χ1v) is 10.8. The fourth-order valence-corrected chi connectivity index (χ4v) is 4.97. The maximum Gasteiger partial charge on any atom is 0.352 e. The van der Waals surface area contributed by atoms with Crippen molar-refractivity contribution in [2.45, 2.75) is 18.3 Å². The maximum atomic E-state index is 12.8. The zero-order chi connectivity index (χ0) is 23.4. The van der Waals surface area contributed by atoms with E-state index in [1.165, 1.54) is 31.2 Å². The summed E-state index contributed by atoms with van der Waals surface area (Å²) in [7, 11) is 1.23. The number of hydrogen-bond acceptors (Lipinski definition) is 11. The highest BCUT2D eigenvalue weighted by Crippen LogP contribution is 2.40. The SMILES string of the molecule is CO/N=C(/C(=O)NC1C(=O)N2C(C(=O)O)=C(COC(C)=O)CSC12)c1csc(NC=O)n1. The number of amides is 3. The number of oxime groups is 1. The summed E-state index contributed by atoms with van der Waals surface area (Å²) in [6.45, 7) is 0.947. The van der Waals surface area contributed by atoms with Crippen LogP contribution in [-0.4, -0.2) is 81.8 Å². The summed E-state index contributed by atoms with van der Waals surface area (Å²) in [5.74, 6) is -3.11. The lowest BCUT2D eigenvalue weighted by atomic mass is 10.0. The molecule has 2 atom stereocenters. The molecule has 0 radical (unpaired) electrons. The molecule has 3 amide bonds. The van der Waals surface area contributed by atoms with E-state index in [-0.39, 0.29) is 40.2 Å². The molecule has 1 saturated heterocycles. The van der Waals surface area contributed by atoms with Gasteiger partial charge in [-0.2, -0.15) is 0 Å². The van der Waals surface area contributed by atoms with E-state index in [1.807, 2.05) is 0 Å². The van der Waals surface area contributed by atoms with Gasteiger partial charge in [-0.15, -0.1) is 23.1 Å². The first-order valence-electron chi connectivity index (χ1n) is 8.90. The minimum absolute atomic E-state index is 0.119. The second-order valence-electron chi connectivity index (χ2n) is 6.32. The van der Waals surface area contributed by atoms with E-state index in [0.29, 0.717) is 6.41 Å². The molecule has 0 spiro atoms. The van der Waals surface area contributed by atoms with E-state index in [4.69, 9.17) is 9.57 Å². The molecule has 32 heavy (non-hydrogen) atoms. The number of fused-ring (bicyclic) bond motifs is 1. The number of rotatable bonds is 9. The minimum atomic E-state index is -1.34. The third-order valence-corrected chi connectivity index (χ3v) is 6.43. The predicted octanol–water partition coefficient (Wildman–Crippen LogP) is -0.636. The van der Waals surface area contributed by atoms with Crippen LogP contribution in [0.1, 0.15) is 12.6 Å². The second kappa shape index (κ2) is 9.78. The van der Waals surface area contributed by atoms with Gasteiger partial charge in [0.25, 0.3) is 11.8 Å². The number of ether oxygens (including phenoxy) is 1. The standard InChI is InChI=1S/C17H17N5O8S2/c1-7(24)30-3-8-4-31-15-11(14(26)22(15)12(8)16(27)28)20-13(25)10(21-29-2)9-5-32-17(19-9)18-6-23/h5-6,11,15H,3-4H2,1-2H3,(H,20,25)(H,27,28)(H,18,19,23)/b21-10+. The van der Waals surface area contributed by atoms with Gasteiger partial charge in [-0.1, -0.05) is 5.16 Å². The molecule has 15 heteroatoms. The molecule has 1 aromatic rings. The fourth-order valence-electron chi connectivity index (χ4n) is 2.99. The number of nitrogens with zero attached hydrogens (tertiary/aromatic N) is 3. The Morgan fingerprint density at radius 2 is 2.19 bits per heavy atom. The van der Waals surface area contributed by atoms with Gasteiger partial charge in [0.15, 0.2) is 10.8 Å². The Bertz CT molecular complexity index is 1040. The van der Waals surface area contributed by atoms with Gasteiger partial charge in [0.2, 0.25) is 6.41 Å². The van der Waals surface area contributed by atoms with Crippen LogP contribution in [0, 0.1) is 0 Å². The number of nitrogens with one attached hydrogen (secondary N) is 2. The summed E-state index contributed by atoms with van der Waals surface area (Å²) >= 11 is 2.28. The summed E-state index contributed by atoms with van der Waals surface area (Å²) in [6, 6.07) is -1.01. The lowest BCUT2D eigenvalue weighted by Gasteiger charge is -2.49. The quantitative estimate of drug-likeness (QED) is 0.135. The van der Waals surface area contributed by atoms with Crippen molar-refractivity contribution in [1.82, 2.24) is 15.2 Å². The van der Waals surface area contributed by atoms with E-state index < -0.39 is 35.2 Å². The van der Waals surface area contributed by atoms with Crippen LogP contribution >= 0.6 is 23.1 Å². The number of aliphatic carboxylic acids is 1. The Balaban J connectivity index is 1.76. The third-order valence-electron chi connectivity index (χ3n) is 4.31. The van der Waals surface area contributed by atoms with Crippen LogP contribution in [-0.2, 0) is 33.5 Å². The number of carbonyl (C=O) groups is 5. The van der Waals surface area contributed by atoms with Crippen molar-refractivity contribution in [1.29, 1.82) is 0 Å². The van der Waals surface area contributed by atoms with Gasteiger partial charge in [0, 0.05) is 23.6 Å². The van der Waals surface area contributed by atoms with Crippen molar-refractivity contribution in [2.75, 3.05) is 24.8 Å². The largest absolute Gasteiger partial charge is 0.477 e. The lowest BCUT2D eigenvalue weighted by molar-refractivity contribution is -0.150. The van der Waals surface area contributed by atoms with Gasteiger partial charge < -0.3 is 25.3 Å². The Labute approximate surface area is 188 Å². The highest BCUT2D eigenvalue weighted by atomic mass is 32.2. The summed E-state index contributed by atoms with van der Waals surface area (Å²) < 4.78 is 4.88. The zero-order valence-electron chi connectivity index (χ0n) is 16.7. The topological polar surface area (TPSA) is 177 Å². The van der Waals surface area contributed by atoms with Crippen LogP contribution in [0.3, 0.4) is 0 Å². The number of aromatic nitrogens is 1. The lowest BCUT2D eigenvalue weighted by Crippen LogP contribution is -2.71. The fraction of sp³-hybridized carbons (Fsp3) is 0.353. The Hall–Kier alpha value is -3.46. The number of thioether (sulfide) groups is 1. The number of carboxylic acid groups (broad SMARTS) is 1. The zero-order valence-corrected chi connectivity index (χ0v) is 18.3. The highest BCUT2D eigenvalue weighted by Gasteiger charge is 2.54. The summed E-state index contributed by atoms with van der Waals surface area (Å²) in [6.07, 6.45) is 0.432. The number of anilines is 1. The third kappa shape index (κ3) is 4.57. The number of esters is 1. The molecule has 2 unspecified atom stereocenters. The van der Waals surface area contributed by atoms with Gasteiger partial charge in [0.05, 0.1) is 0 Å². The monoisotopic (exact) mass is 483 g/mol. The molecule has 0 aliphatic carbocycles. The summed E-state index contributed by atoms with van der Waals surface area (Å²) in [5, 5.41) is 19.1. The average molecular weight is 483 g/mol. The first-order chi connectivity index (χ1) is 15.3. The number of β-lactam (4-membered cyclic amide) rings is 1. The van der Waals surface area contributed by atoms with Crippen molar-refractivity contribution in [3.05, 3.63) is 22.3 Å². The molecule has 3 N–H and O–H groups in total. The Kier molecular flexibility index (Phi) is 7.09. The van der Waals surface area contributed by atoms with Crippen molar-refractivity contribution < 1.29 is 38.7 Å². The first kappa shape index (κ1) is 23.2. The number of carbonyl (C=O) groups excluding carboxylic acids is 4. The molecule has 2 aliphatic rings. The van der Waals surface area contributed by atoms with Crippen molar-refractivity contribution in [3.8, 4) is 0 Å². The van der Waals surface area contributed by atoms with Crippen molar-refractivity contribution in [2.24, 2.45) is 5.16 Å². The normalized spacial score (nSPS) is 20.1. The molecular formula is C17H17N5O8S2. The molecular weight excluding hydrogens is 466 g/mol. The van der Waals surface area contributed by atoms with Crippen LogP contribution in [0.15, 0.2) is 21.8 Å².